The first-order valence-electron chi connectivity index (χ1n) is 4.51. The Bertz CT molecular complexity index is 434. The second kappa shape index (κ2) is 5.88. The average molecular weight is 238 g/mol. The Morgan fingerprint density at radius 2 is 2.38 bits per heavy atom. The van der Waals surface area contributed by atoms with E-state index in [1.165, 1.54) is 16.7 Å². The molecule has 1 aromatic heterocycles. The number of thiazole rings is 1. The Hall–Kier alpha value is -1.87. The summed E-state index contributed by atoms with van der Waals surface area (Å²) in [6, 6.07) is 0. The molecule has 5 nitrogen and oxygen atoms in total. The lowest BCUT2D eigenvalue weighted by molar-refractivity contribution is -0.121. The zero-order valence-electron chi connectivity index (χ0n) is 8.40. The number of aromatic carboxylic acids is 1. The molecule has 0 bridgehead atoms. The minimum Gasteiger partial charge on any atom is -0.476 e. The number of nitrogens with zero attached hydrogens (tertiary/aromatic N) is 1. The van der Waals surface area contributed by atoms with Gasteiger partial charge in [-0.25, -0.2) is 9.78 Å². The molecule has 1 amide bonds. The van der Waals surface area contributed by atoms with Crippen LogP contribution in [0.25, 0.3) is 0 Å². The van der Waals surface area contributed by atoms with Crippen molar-refractivity contribution in [3.63, 3.8) is 0 Å². The number of hydrogen-bond donors (Lipinski definition) is 2. The van der Waals surface area contributed by atoms with E-state index in [-0.39, 0.29) is 24.6 Å². The largest absolute Gasteiger partial charge is 0.476 e. The molecule has 0 radical (unpaired) electrons. The fraction of sp³-hybridized carbons (Fsp3) is 0.300. The standard InChI is InChI=1S/C10H10N2O3S/c1-2-3-4-8(13)11-5-9-12-7(6-16-9)10(14)15/h1,6H,3-5H2,(H,11,13)(H,14,15). The maximum Gasteiger partial charge on any atom is 0.355 e. The van der Waals surface area contributed by atoms with E-state index in [2.05, 4.69) is 16.2 Å². The van der Waals surface area contributed by atoms with E-state index >= 15 is 0 Å². The van der Waals surface area contributed by atoms with Crippen LogP contribution < -0.4 is 5.32 Å². The van der Waals surface area contributed by atoms with E-state index in [1.54, 1.807) is 0 Å². The van der Waals surface area contributed by atoms with Gasteiger partial charge in [0, 0.05) is 18.2 Å². The number of carbonyl (C=O) groups excluding carboxylic acids is 1. The zero-order valence-corrected chi connectivity index (χ0v) is 9.21. The molecule has 0 fully saturated rings. The first-order valence-corrected chi connectivity index (χ1v) is 5.39. The topological polar surface area (TPSA) is 79.3 Å². The maximum atomic E-state index is 11.2. The smallest absolute Gasteiger partial charge is 0.355 e. The van der Waals surface area contributed by atoms with Gasteiger partial charge in [-0.05, 0) is 0 Å². The minimum atomic E-state index is -1.07. The van der Waals surface area contributed by atoms with Gasteiger partial charge in [0.2, 0.25) is 5.91 Å². The van der Waals surface area contributed by atoms with E-state index in [0.29, 0.717) is 11.4 Å². The average Bonchev–Trinajstić information content (AvgIpc) is 2.72. The van der Waals surface area contributed by atoms with Gasteiger partial charge >= 0.3 is 5.97 Å². The lowest BCUT2D eigenvalue weighted by Crippen LogP contribution is -2.22. The molecular weight excluding hydrogens is 228 g/mol. The van der Waals surface area contributed by atoms with Crippen molar-refractivity contribution in [3.8, 4) is 12.3 Å². The van der Waals surface area contributed by atoms with Crippen molar-refractivity contribution in [3.05, 3.63) is 16.1 Å². The van der Waals surface area contributed by atoms with Crippen LogP contribution >= 0.6 is 11.3 Å². The quantitative estimate of drug-likeness (QED) is 0.746. The molecule has 0 unspecified atom stereocenters. The van der Waals surface area contributed by atoms with Crippen LogP contribution in [0.5, 0.6) is 0 Å². The Morgan fingerprint density at radius 3 is 2.94 bits per heavy atom. The SMILES string of the molecule is C#CCCC(=O)NCc1nc(C(=O)O)cs1. The van der Waals surface area contributed by atoms with Crippen molar-refractivity contribution < 1.29 is 14.7 Å². The molecule has 0 aromatic carbocycles. The van der Waals surface area contributed by atoms with Crippen LogP contribution in [-0.2, 0) is 11.3 Å². The number of carboxylic acids is 1. The second-order valence-corrected chi connectivity index (χ2v) is 3.86. The molecule has 1 heterocycles. The predicted molar refractivity (Wildman–Crippen MR) is 59.0 cm³/mol. The summed E-state index contributed by atoms with van der Waals surface area (Å²) in [5, 5.41) is 13.2. The summed E-state index contributed by atoms with van der Waals surface area (Å²) < 4.78 is 0. The molecule has 1 aromatic rings. The third kappa shape index (κ3) is 3.71. The zero-order chi connectivity index (χ0) is 12.0. The lowest BCUT2D eigenvalue weighted by atomic mass is 10.3. The van der Waals surface area contributed by atoms with Crippen molar-refractivity contribution in [2.75, 3.05) is 0 Å². The number of carboxylic acid groups (broad SMARTS) is 1. The van der Waals surface area contributed by atoms with Gasteiger partial charge in [0.05, 0.1) is 6.54 Å². The van der Waals surface area contributed by atoms with Crippen LogP contribution in [0.2, 0.25) is 0 Å². The van der Waals surface area contributed by atoms with Crippen molar-refractivity contribution in [2.45, 2.75) is 19.4 Å². The van der Waals surface area contributed by atoms with E-state index < -0.39 is 5.97 Å². The van der Waals surface area contributed by atoms with Gasteiger partial charge in [0.15, 0.2) is 5.69 Å². The number of hydrogen-bond acceptors (Lipinski definition) is 4. The van der Waals surface area contributed by atoms with E-state index in [0.717, 1.165) is 0 Å². The van der Waals surface area contributed by atoms with Gasteiger partial charge in [0.1, 0.15) is 5.01 Å². The number of amides is 1. The van der Waals surface area contributed by atoms with Gasteiger partial charge in [-0.15, -0.1) is 23.7 Å². The van der Waals surface area contributed by atoms with Crippen LogP contribution in [-0.4, -0.2) is 22.0 Å². The first kappa shape index (κ1) is 12.2. The highest BCUT2D eigenvalue weighted by molar-refractivity contribution is 7.09. The Labute approximate surface area is 96.5 Å². The number of aromatic nitrogens is 1. The number of rotatable bonds is 5. The number of nitrogens with one attached hydrogen (secondary N) is 1. The van der Waals surface area contributed by atoms with Crippen molar-refractivity contribution >= 4 is 23.2 Å². The Morgan fingerprint density at radius 1 is 1.62 bits per heavy atom. The Kier molecular flexibility index (Phi) is 4.48. The van der Waals surface area contributed by atoms with Gasteiger partial charge < -0.3 is 10.4 Å². The summed E-state index contributed by atoms with van der Waals surface area (Å²) in [7, 11) is 0. The first-order chi connectivity index (χ1) is 7.63. The summed E-state index contributed by atoms with van der Waals surface area (Å²) in [6.07, 6.45) is 5.68. The fourth-order valence-corrected chi connectivity index (χ4v) is 1.65. The van der Waals surface area contributed by atoms with E-state index in [9.17, 15) is 9.59 Å². The fourth-order valence-electron chi connectivity index (χ4n) is 0.939. The third-order valence-electron chi connectivity index (χ3n) is 1.70. The summed E-state index contributed by atoms with van der Waals surface area (Å²) >= 11 is 1.20. The third-order valence-corrected chi connectivity index (χ3v) is 2.55. The van der Waals surface area contributed by atoms with Crippen LogP contribution in [0.4, 0.5) is 0 Å². The molecule has 0 saturated heterocycles. The molecule has 0 aliphatic rings. The predicted octanol–water partition coefficient (Wildman–Crippen LogP) is 0.871. The molecular formula is C10H10N2O3S. The molecule has 0 atom stereocenters. The Balaban J connectivity index is 2.40. The van der Waals surface area contributed by atoms with Crippen LogP contribution in [0.3, 0.4) is 0 Å². The maximum absolute atomic E-state index is 11.2. The molecule has 0 saturated carbocycles. The van der Waals surface area contributed by atoms with E-state index in [1.807, 2.05) is 0 Å². The van der Waals surface area contributed by atoms with Crippen LogP contribution in [0.1, 0.15) is 28.3 Å². The normalized spacial score (nSPS) is 9.44. The molecule has 1 rings (SSSR count). The summed E-state index contributed by atoms with van der Waals surface area (Å²) in [5.41, 5.74) is -0.00197. The highest BCUT2D eigenvalue weighted by Gasteiger charge is 2.09. The molecule has 2 N–H and O–H groups in total. The summed E-state index contributed by atoms with van der Waals surface area (Å²) in [6.45, 7) is 0.237. The monoisotopic (exact) mass is 238 g/mol. The van der Waals surface area contributed by atoms with Crippen molar-refractivity contribution in [1.29, 1.82) is 0 Å². The van der Waals surface area contributed by atoms with Crippen molar-refractivity contribution in [2.24, 2.45) is 0 Å². The molecule has 0 aliphatic heterocycles. The highest BCUT2D eigenvalue weighted by Crippen LogP contribution is 2.09. The summed E-state index contributed by atoms with van der Waals surface area (Å²) in [4.78, 5) is 25.5. The summed E-state index contributed by atoms with van der Waals surface area (Å²) in [5.74, 6) is 1.13. The van der Waals surface area contributed by atoms with Crippen LogP contribution in [0.15, 0.2) is 5.38 Å². The molecule has 0 aliphatic carbocycles. The van der Waals surface area contributed by atoms with Gasteiger partial charge in [-0.2, -0.15) is 0 Å². The molecule has 6 heteroatoms. The number of carbonyl (C=O) groups is 2. The molecule has 84 valence electrons. The molecule has 0 spiro atoms. The minimum absolute atomic E-state index is 0.00197. The number of terminal acetylenes is 1. The van der Waals surface area contributed by atoms with Crippen molar-refractivity contribution in [1.82, 2.24) is 10.3 Å². The lowest BCUT2D eigenvalue weighted by Gasteiger charge is -1.99. The van der Waals surface area contributed by atoms with E-state index in [4.69, 9.17) is 11.5 Å². The van der Waals surface area contributed by atoms with Gasteiger partial charge in [-0.1, -0.05) is 0 Å². The van der Waals surface area contributed by atoms with Crippen LogP contribution in [0, 0.1) is 12.3 Å². The molecule has 16 heavy (non-hydrogen) atoms. The van der Waals surface area contributed by atoms with Gasteiger partial charge in [0.25, 0.3) is 0 Å². The van der Waals surface area contributed by atoms with Gasteiger partial charge in [-0.3, -0.25) is 4.79 Å². The second-order valence-electron chi connectivity index (χ2n) is 2.91. The highest BCUT2D eigenvalue weighted by atomic mass is 32.1.